The van der Waals surface area contributed by atoms with E-state index in [1.165, 1.54) is 14.0 Å². The molecule has 2 atom stereocenters. The van der Waals surface area contributed by atoms with E-state index in [2.05, 4.69) is 20.7 Å². The zero-order chi connectivity index (χ0) is 30.8. The molecular weight excluding hydrogens is 542 g/mol. The molecule has 0 bridgehead atoms. The average Bonchev–Trinajstić information content (AvgIpc) is 3.21. The van der Waals surface area contributed by atoms with E-state index < -0.39 is 12.0 Å². The van der Waals surface area contributed by atoms with Gasteiger partial charge in [-0.25, -0.2) is 4.79 Å². The molecular formula is C31H41N3O8. The number of carbonyl (C=O) groups excluding carboxylic acids is 3. The van der Waals surface area contributed by atoms with Crippen molar-refractivity contribution in [2.75, 3.05) is 40.3 Å². The Kier molecular flexibility index (Phi) is 11.6. The molecule has 1 aliphatic carbocycles. The Labute approximate surface area is 246 Å². The molecule has 2 amide bonds. The molecule has 228 valence electrons. The summed E-state index contributed by atoms with van der Waals surface area (Å²) in [5.74, 6) is 0.592. The highest BCUT2D eigenvalue weighted by Gasteiger charge is 2.29. The summed E-state index contributed by atoms with van der Waals surface area (Å²) in [4.78, 5) is 49.0. The largest absolute Gasteiger partial charge is 0.493 e. The van der Waals surface area contributed by atoms with Crippen LogP contribution in [0, 0.1) is 0 Å². The predicted octanol–water partition coefficient (Wildman–Crippen LogP) is 3.51. The van der Waals surface area contributed by atoms with Gasteiger partial charge >= 0.3 is 5.97 Å². The molecule has 2 aromatic rings. The highest BCUT2D eigenvalue weighted by molar-refractivity contribution is 5.84. The number of methoxy groups -OCH3 is 4. The monoisotopic (exact) mass is 583 g/mol. The van der Waals surface area contributed by atoms with Gasteiger partial charge in [-0.1, -0.05) is 12.5 Å². The van der Waals surface area contributed by atoms with Crippen molar-refractivity contribution in [3.05, 3.63) is 45.6 Å². The maximum Gasteiger partial charge on any atom is 0.328 e. The zero-order valence-corrected chi connectivity index (χ0v) is 25.2. The van der Waals surface area contributed by atoms with Crippen molar-refractivity contribution in [1.82, 2.24) is 10.6 Å². The van der Waals surface area contributed by atoms with Crippen LogP contribution >= 0.6 is 0 Å². The van der Waals surface area contributed by atoms with E-state index >= 15 is 0 Å². The van der Waals surface area contributed by atoms with Gasteiger partial charge in [-0.2, -0.15) is 0 Å². The van der Waals surface area contributed by atoms with E-state index in [0.717, 1.165) is 29.5 Å². The van der Waals surface area contributed by atoms with Crippen LogP contribution in [0.3, 0.4) is 0 Å². The smallest absolute Gasteiger partial charge is 0.328 e. The standard InChI is InChI=1S/C31H41N3O8/c1-18(31(38)42-6)33-27(37)10-8-7-9-15-32-24-14-12-21-22(17-25(24)36)23(34-19(2)35)13-11-20-16-26(39-3)29(40-4)30(41-5)28(20)21/h12,14,16-18,23H,7-11,13,15H2,1-6H3,(H,32,36)(H,33,37)(H,34,35). The third kappa shape index (κ3) is 7.71. The summed E-state index contributed by atoms with van der Waals surface area (Å²) in [6.07, 6.45) is 3.63. The second kappa shape index (κ2) is 15.1. The van der Waals surface area contributed by atoms with Gasteiger partial charge in [0.1, 0.15) is 6.04 Å². The molecule has 42 heavy (non-hydrogen) atoms. The second-order valence-corrected chi connectivity index (χ2v) is 10.1. The quantitative estimate of drug-likeness (QED) is 0.239. The molecule has 11 nitrogen and oxygen atoms in total. The minimum Gasteiger partial charge on any atom is -0.493 e. The van der Waals surface area contributed by atoms with Crippen LogP contribution in [0.15, 0.2) is 29.1 Å². The topological polar surface area (TPSA) is 141 Å². The van der Waals surface area contributed by atoms with Crippen LogP contribution < -0.4 is 35.6 Å². The van der Waals surface area contributed by atoms with Gasteiger partial charge in [0.25, 0.3) is 0 Å². The first-order valence-corrected chi connectivity index (χ1v) is 14.0. The molecule has 2 aromatic carbocycles. The van der Waals surface area contributed by atoms with Gasteiger partial charge in [0.05, 0.1) is 40.2 Å². The Morgan fingerprint density at radius 3 is 2.36 bits per heavy atom. The molecule has 0 aromatic heterocycles. The Morgan fingerprint density at radius 1 is 0.976 bits per heavy atom. The number of ether oxygens (including phenoxy) is 4. The van der Waals surface area contributed by atoms with Crippen molar-refractivity contribution in [3.8, 4) is 28.4 Å². The SMILES string of the molecule is COC(=O)C(C)NC(=O)CCCCCNc1ccc2c(cc1=O)C(NC(C)=O)CCc1cc(OC)c(OC)c(OC)c1-2. The number of unbranched alkanes of at least 4 members (excludes halogenated alkanes) is 2. The number of anilines is 1. The van der Waals surface area contributed by atoms with Gasteiger partial charge < -0.3 is 34.9 Å². The van der Waals surface area contributed by atoms with Crippen molar-refractivity contribution >= 4 is 23.5 Å². The first-order valence-electron chi connectivity index (χ1n) is 14.0. The molecule has 0 saturated heterocycles. The van der Waals surface area contributed by atoms with Crippen molar-refractivity contribution in [3.63, 3.8) is 0 Å². The summed E-state index contributed by atoms with van der Waals surface area (Å²) in [6.45, 7) is 3.57. The van der Waals surface area contributed by atoms with Crippen LogP contribution in [0.1, 0.15) is 63.1 Å². The average molecular weight is 584 g/mol. The number of esters is 1. The summed E-state index contributed by atoms with van der Waals surface area (Å²) in [5, 5.41) is 8.84. The van der Waals surface area contributed by atoms with E-state index in [1.807, 2.05) is 12.1 Å². The number of aryl methyl sites for hydroxylation is 1. The van der Waals surface area contributed by atoms with E-state index in [4.69, 9.17) is 14.2 Å². The fourth-order valence-electron chi connectivity index (χ4n) is 5.21. The van der Waals surface area contributed by atoms with E-state index in [9.17, 15) is 19.2 Å². The number of hydrogen-bond acceptors (Lipinski definition) is 9. The maximum absolute atomic E-state index is 13.4. The lowest BCUT2D eigenvalue weighted by atomic mass is 9.95. The van der Waals surface area contributed by atoms with Gasteiger partial charge in [-0.05, 0) is 67.5 Å². The molecule has 0 heterocycles. The molecule has 0 radical (unpaired) electrons. The first-order chi connectivity index (χ1) is 20.1. The maximum atomic E-state index is 13.4. The molecule has 0 spiro atoms. The Morgan fingerprint density at radius 2 is 1.71 bits per heavy atom. The lowest BCUT2D eigenvalue weighted by Gasteiger charge is -2.19. The van der Waals surface area contributed by atoms with Crippen LogP contribution in [0.4, 0.5) is 5.69 Å². The highest BCUT2D eigenvalue weighted by Crippen LogP contribution is 2.50. The van der Waals surface area contributed by atoms with Crippen LogP contribution in [-0.4, -0.2) is 58.8 Å². The van der Waals surface area contributed by atoms with E-state index in [1.54, 1.807) is 40.4 Å². The predicted molar refractivity (Wildman–Crippen MR) is 159 cm³/mol. The number of amides is 2. The molecule has 0 saturated carbocycles. The summed E-state index contributed by atoms with van der Waals surface area (Å²) in [5.41, 5.74) is 3.42. The van der Waals surface area contributed by atoms with Crippen LogP contribution in [0.2, 0.25) is 0 Å². The summed E-state index contributed by atoms with van der Waals surface area (Å²) < 4.78 is 21.6. The lowest BCUT2D eigenvalue weighted by molar-refractivity contribution is -0.144. The summed E-state index contributed by atoms with van der Waals surface area (Å²) in [6, 6.07) is 6.05. The molecule has 1 aliphatic rings. The van der Waals surface area contributed by atoms with Gasteiger partial charge in [0.2, 0.25) is 23.0 Å². The van der Waals surface area contributed by atoms with E-state index in [0.29, 0.717) is 60.7 Å². The molecule has 0 fully saturated rings. The zero-order valence-electron chi connectivity index (χ0n) is 25.2. The van der Waals surface area contributed by atoms with E-state index in [-0.39, 0.29) is 23.3 Å². The number of benzene rings is 1. The van der Waals surface area contributed by atoms with Crippen LogP contribution in [0.5, 0.6) is 17.2 Å². The molecule has 2 unspecified atom stereocenters. The first kappa shape index (κ1) is 32.2. The van der Waals surface area contributed by atoms with Crippen molar-refractivity contribution in [2.45, 2.75) is 64.5 Å². The van der Waals surface area contributed by atoms with Crippen molar-refractivity contribution in [2.24, 2.45) is 0 Å². The molecule has 3 N–H and O–H groups in total. The van der Waals surface area contributed by atoms with Crippen LogP contribution in [-0.2, 0) is 25.5 Å². The Bertz CT molecular complexity index is 1360. The fourth-order valence-corrected chi connectivity index (χ4v) is 5.21. The van der Waals surface area contributed by atoms with Gasteiger partial charge in [-0.15, -0.1) is 0 Å². The van der Waals surface area contributed by atoms with Crippen LogP contribution in [0.25, 0.3) is 11.1 Å². The third-order valence-corrected chi connectivity index (χ3v) is 7.24. The number of fused-ring (bicyclic) bond motifs is 3. The highest BCUT2D eigenvalue weighted by atomic mass is 16.5. The fraction of sp³-hybridized carbons (Fsp3) is 0.484. The van der Waals surface area contributed by atoms with Gasteiger partial charge in [0.15, 0.2) is 11.5 Å². The number of hydrogen-bond donors (Lipinski definition) is 3. The van der Waals surface area contributed by atoms with Crippen molar-refractivity contribution < 1.29 is 33.3 Å². The summed E-state index contributed by atoms with van der Waals surface area (Å²) in [7, 11) is 5.95. The lowest BCUT2D eigenvalue weighted by Crippen LogP contribution is -2.39. The molecule has 11 heteroatoms. The number of carbonyl (C=O) groups is 3. The minimum atomic E-state index is -0.686. The van der Waals surface area contributed by atoms with Gasteiger partial charge in [0, 0.05) is 25.5 Å². The Balaban J connectivity index is 1.83. The second-order valence-electron chi connectivity index (χ2n) is 10.1. The van der Waals surface area contributed by atoms with Crippen molar-refractivity contribution in [1.29, 1.82) is 0 Å². The molecule has 3 rings (SSSR count). The Hall–Kier alpha value is -4.28. The summed E-state index contributed by atoms with van der Waals surface area (Å²) >= 11 is 0. The normalized spacial score (nSPS) is 14.3. The minimum absolute atomic E-state index is 0.190. The molecule has 0 aliphatic heterocycles. The number of rotatable bonds is 13. The number of nitrogens with one attached hydrogen (secondary N) is 3. The third-order valence-electron chi connectivity index (χ3n) is 7.24. The van der Waals surface area contributed by atoms with Gasteiger partial charge in [-0.3, -0.25) is 14.4 Å².